The van der Waals surface area contributed by atoms with Crippen molar-refractivity contribution in [1.29, 1.82) is 0 Å². The van der Waals surface area contributed by atoms with Crippen LogP contribution < -0.4 is 4.74 Å². The highest BCUT2D eigenvalue weighted by Crippen LogP contribution is 2.32. The molecule has 5 rings (SSSR count). The van der Waals surface area contributed by atoms with Crippen LogP contribution in [0, 0.1) is 5.92 Å². The summed E-state index contributed by atoms with van der Waals surface area (Å²) < 4.78 is 5.80. The van der Waals surface area contributed by atoms with E-state index in [2.05, 4.69) is 10.1 Å². The van der Waals surface area contributed by atoms with Crippen molar-refractivity contribution >= 4 is 22.5 Å². The molecule has 2 aromatic carbocycles. The molecule has 25 heavy (non-hydrogen) atoms. The van der Waals surface area contributed by atoms with Gasteiger partial charge in [0, 0.05) is 17.1 Å². The van der Waals surface area contributed by atoms with Crippen molar-refractivity contribution in [3.8, 4) is 5.75 Å². The molecule has 1 aromatic heterocycles. The number of carbonyl (C=O) groups excluding carboxylic acids is 1. The molecule has 1 amide bonds. The molecule has 0 aliphatic carbocycles. The van der Waals surface area contributed by atoms with Crippen LogP contribution in [0.4, 0.5) is 0 Å². The van der Waals surface area contributed by atoms with Gasteiger partial charge in [0.05, 0.1) is 35.9 Å². The van der Waals surface area contributed by atoms with Crippen LogP contribution >= 0.6 is 0 Å². The Kier molecular flexibility index (Phi) is 3.06. The number of benzene rings is 2. The Morgan fingerprint density at radius 1 is 1.12 bits per heavy atom. The zero-order valence-electron chi connectivity index (χ0n) is 13.4. The van der Waals surface area contributed by atoms with Crippen molar-refractivity contribution < 1.29 is 9.53 Å². The van der Waals surface area contributed by atoms with Crippen molar-refractivity contribution in [2.45, 2.75) is 0 Å². The largest absolute Gasteiger partial charge is 0.492 e. The quantitative estimate of drug-likeness (QED) is 0.689. The molecule has 0 radical (unpaired) electrons. The van der Waals surface area contributed by atoms with Crippen LogP contribution in [0.15, 0.2) is 65.9 Å². The molecular weight excluding hydrogens is 314 g/mol. The molecule has 2 aliphatic heterocycles. The SMILES string of the molecule is O=C(c1cnc2ccccc2c1)N1CC2COc3ccccc3C2=N1. The van der Waals surface area contributed by atoms with E-state index in [1.54, 1.807) is 6.20 Å². The van der Waals surface area contributed by atoms with Gasteiger partial charge in [-0.25, -0.2) is 5.01 Å². The van der Waals surface area contributed by atoms with Gasteiger partial charge in [0.2, 0.25) is 0 Å². The number of hydrogen-bond acceptors (Lipinski definition) is 4. The third-order valence-electron chi connectivity index (χ3n) is 4.68. The summed E-state index contributed by atoms with van der Waals surface area (Å²) in [6.45, 7) is 1.09. The Morgan fingerprint density at radius 2 is 1.96 bits per heavy atom. The molecule has 0 saturated heterocycles. The lowest BCUT2D eigenvalue weighted by Crippen LogP contribution is -2.31. The van der Waals surface area contributed by atoms with Gasteiger partial charge in [-0.3, -0.25) is 9.78 Å². The van der Waals surface area contributed by atoms with Crippen LogP contribution in [0.1, 0.15) is 15.9 Å². The molecule has 1 atom stereocenters. The van der Waals surface area contributed by atoms with Crippen LogP contribution in [0.3, 0.4) is 0 Å². The van der Waals surface area contributed by atoms with E-state index in [0.717, 1.165) is 27.9 Å². The van der Waals surface area contributed by atoms with Gasteiger partial charge in [-0.05, 0) is 24.3 Å². The maximum absolute atomic E-state index is 12.9. The molecule has 5 nitrogen and oxygen atoms in total. The summed E-state index contributed by atoms with van der Waals surface area (Å²) >= 11 is 0. The predicted octanol–water partition coefficient (Wildman–Crippen LogP) is 3.10. The smallest absolute Gasteiger partial charge is 0.275 e. The number of ether oxygens (including phenoxy) is 1. The molecule has 5 heteroatoms. The first-order valence-electron chi connectivity index (χ1n) is 8.27. The summed E-state index contributed by atoms with van der Waals surface area (Å²) in [5.74, 6) is 0.823. The monoisotopic (exact) mass is 329 g/mol. The van der Waals surface area contributed by atoms with E-state index >= 15 is 0 Å². The van der Waals surface area contributed by atoms with Gasteiger partial charge in [-0.15, -0.1) is 0 Å². The normalized spacial score (nSPS) is 18.3. The van der Waals surface area contributed by atoms with Gasteiger partial charge in [-0.2, -0.15) is 5.10 Å². The van der Waals surface area contributed by atoms with Crippen LogP contribution in [-0.4, -0.2) is 34.8 Å². The van der Waals surface area contributed by atoms with Gasteiger partial charge in [0.15, 0.2) is 0 Å². The zero-order valence-corrected chi connectivity index (χ0v) is 13.4. The highest BCUT2D eigenvalue weighted by molar-refractivity contribution is 6.08. The average molecular weight is 329 g/mol. The van der Waals surface area contributed by atoms with Gasteiger partial charge < -0.3 is 4.74 Å². The Balaban J connectivity index is 1.50. The zero-order chi connectivity index (χ0) is 16.8. The molecule has 1 unspecified atom stereocenters. The van der Waals surface area contributed by atoms with E-state index < -0.39 is 0 Å². The molecule has 3 heterocycles. The second-order valence-corrected chi connectivity index (χ2v) is 6.29. The van der Waals surface area contributed by atoms with Crippen molar-refractivity contribution in [1.82, 2.24) is 9.99 Å². The van der Waals surface area contributed by atoms with E-state index in [1.165, 1.54) is 5.01 Å². The number of rotatable bonds is 1. The Hall–Kier alpha value is -3.21. The number of hydrazone groups is 1. The van der Waals surface area contributed by atoms with Gasteiger partial charge in [0.1, 0.15) is 5.75 Å². The summed E-state index contributed by atoms with van der Waals surface area (Å²) in [6.07, 6.45) is 1.62. The first-order valence-corrected chi connectivity index (χ1v) is 8.27. The lowest BCUT2D eigenvalue weighted by atomic mass is 9.95. The number of aromatic nitrogens is 1. The molecule has 2 aliphatic rings. The van der Waals surface area contributed by atoms with Crippen LogP contribution in [0.2, 0.25) is 0 Å². The summed E-state index contributed by atoms with van der Waals surface area (Å²) in [4.78, 5) is 17.3. The van der Waals surface area contributed by atoms with Gasteiger partial charge >= 0.3 is 0 Å². The number of pyridine rings is 1. The fourth-order valence-corrected chi connectivity index (χ4v) is 3.41. The molecule has 122 valence electrons. The minimum Gasteiger partial charge on any atom is -0.492 e. The third kappa shape index (κ3) is 2.28. The van der Waals surface area contributed by atoms with Crippen molar-refractivity contribution in [3.05, 3.63) is 71.9 Å². The molecule has 0 N–H and O–H groups in total. The Labute approximate surface area is 144 Å². The van der Waals surface area contributed by atoms with E-state index in [1.807, 2.05) is 54.6 Å². The fourth-order valence-electron chi connectivity index (χ4n) is 3.41. The standard InChI is InChI=1S/C20H15N3O2/c24-20(14-9-13-5-1-3-7-17(13)21-10-14)23-11-15-12-25-18-8-4-2-6-16(18)19(15)22-23/h1-10,15H,11-12H2. The summed E-state index contributed by atoms with van der Waals surface area (Å²) in [5, 5.41) is 7.09. The van der Waals surface area contributed by atoms with E-state index in [9.17, 15) is 4.79 Å². The Morgan fingerprint density at radius 3 is 2.92 bits per heavy atom. The van der Waals surface area contributed by atoms with Crippen LogP contribution in [0.25, 0.3) is 10.9 Å². The number of carbonyl (C=O) groups is 1. The van der Waals surface area contributed by atoms with E-state index in [0.29, 0.717) is 18.7 Å². The maximum Gasteiger partial charge on any atom is 0.275 e. The third-order valence-corrected chi connectivity index (χ3v) is 4.68. The van der Waals surface area contributed by atoms with Gasteiger partial charge in [-0.1, -0.05) is 30.3 Å². The molecule has 0 saturated carbocycles. The highest BCUT2D eigenvalue weighted by Gasteiger charge is 2.36. The summed E-state index contributed by atoms with van der Waals surface area (Å²) in [6, 6.07) is 17.5. The first-order chi connectivity index (χ1) is 12.3. The minimum absolute atomic E-state index is 0.118. The molecule has 0 bridgehead atoms. The van der Waals surface area contributed by atoms with E-state index in [-0.39, 0.29) is 11.8 Å². The van der Waals surface area contributed by atoms with Crippen molar-refractivity contribution in [2.24, 2.45) is 11.0 Å². The number of amides is 1. The maximum atomic E-state index is 12.9. The topological polar surface area (TPSA) is 54.8 Å². The second-order valence-electron chi connectivity index (χ2n) is 6.29. The van der Waals surface area contributed by atoms with Crippen LogP contribution in [0.5, 0.6) is 5.75 Å². The Bertz CT molecular complexity index is 1030. The minimum atomic E-state index is -0.127. The van der Waals surface area contributed by atoms with E-state index in [4.69, 9.17) is 4.74 Å². The lowest BCUT2D eigenvalue weighted by Gasteiger charge is -2.22. The highest BCUT2D eigenvalue weighted by atomic mass is 16.5. The van der Waals surface area contributed by atoms with Crippen molar-refractivity contribution in [2.75, 3.05) is 13.2 Å². The average Bonchev–Trinajstić information content (AvgIpc) is 3.12. The molecule has 3 aromatic rings. The first kappa shape index (κ1) is 14.2. The van der Waals surface area contributed by atoms with Crippen molar-refractivity contribution in [3.63, 3.8) is 0 Å². The molecule has 0 spiro atoms. The summed E-state index contributed by atoms with van der Waals surface area (Å²) in [7, 11) is 0. The van der Waals surface area contributed by atoms with Gasteiger partial charge in [0.25, 0.3) is 5.91 Å². The summed E-state index contributed by atoms with van der Waals surface area (Å²) in [5.41, 5.74) is 3.34. The number of fused-ring (bicyclic) bond motifs is 4. The second kappa shape index (κ2) is 5.41. The lowest BCUT2D eigenvalue weighted by molar-refractivity contribution is 0.0760. The predicted molar refractivity (Wildman–Crippen MR) is 94.7 cm³/mol. The number of hydrogen-bond donors (Lipinski definition) is 0. The molecular formula is C20H15N3O2. The molecule has 0 fully saturated rings. The number of nitrogens with zero attached hydrogens (tertiary/aromatic N) is 3. The van der Waals surface area contributed by atoms with Crippen LogP contribution in [-0.2, 0) is 0 Å². The number of para-hydroxylation sites is 2. The fraction of sp³-hybridized carbons (Fsp3) is 0.150.